The average Bonchev–Trinajstić information content (AvgIpc) is 1.79. The SMILES string of the molecule is CCCCCC(=O)NC(CSC1=C(SCC(NC(=O)CNC(=O)CNC(=O)CC(C)O)C(N)=O)C(=O)N(CCNC(=O)CN2CCN(CC(=O)O)CCN(CC(=O)O)CCN(CC(=O)O)CC2)C1=O)C(=O)N(CCC)CC(=O)N(CCC)CC(=O)NC. The van der Waals surface area contributed by atoms with Gasteiger partial charge >= 0.3 is 17.9 Å². The number of carbonyl (C=O) groups is 14. The Kier molecular flexibility index (Phi) is 36.1. The molecule has 0 radical (unpaired) electrons. The van der Waals surface area contributed by atoms with Gasteiger partial charge in [-0.2, -0.15) is 0 Å². The Bertz CT molecular complexity index is 2410. The number of nitrogens with zero attached hydrogens (tertiary/aromatic N) is 7. The smallest absolute Gasteiger partial charge is 0.317 e. The van der Waals surface area contributed by atoms with Crippen molar-refractivity contribution in [2.24, 2.45) is 5.73 Å². The molecule has 2 rings (SSSR count). The van der Waals surface area contributed by atoms with Gasteiger partial charge in [0.2, 0.25) is 53.2 Å². The van der Waals surface area contributed by atoms with Crippen molar-refractivity contribution in [2.45, 2.75) is 90.8 Å². The second-order valence-corrected chi connectivity index (χ2v) is 22.7. The minimum absolute atomic E-state index is 0.0235. The lowest BCUT2D eigenvalue weighted by Gasteiger charge is -2.32. The summed E-state index contributed by atoms with van der Waals surface area (Å²) in [6.45, 7) is 3.98. The first kappa shape index (κ1) is 76.1. The lowest BCUT2D eigenvalue weighted by Crippen LogP contribution is -2.53. The summed E-state index contributed by atoms with van der Waals surface area (Å²) in [7, 11) is 1.42. The van der Waals surface area contributed by atoms with E-state index in [0.29, 0.717) is 49.2 Å². The van der Waals surface area contributed by atoms with Crippen molar-refractivity contribution < 1.29 is 87.5 Å². The summed E-state index contributed by atoms with van der Waals surface area (Å²) < 4.78 is 0. The quantitative estimate of drug-likeness (QED) is 0.0203. The average molecular weight is 1270 g/mol. The third-order valence-electron chi connectivity index (χ3n) is 13.2. The van der Waals surface area contributed by atoms with Crippen molar-refractivity contribution in [1.29, 1.82) is 0 Å². The molecule has 87 heavy (non-hydrogen) atoms. The number of imide groups is 1. The second-order valence-electron chi connectivity index (χ2n) is 20.6. The van der Waals surface area contributed by atoms with E-state index < -0.39 is 146 Å². The third-order valence-corrected chi connectivity index (χ3v) is 15.7. The van der Waals surface area contributed by atoms with Crippen LogP contribution in [0.5, 0.6) is 0 Å². The lowest BCUT2D eigenvalue weighted by atomic mass is 10.2. The predicted molar refractivity (Wildman–Crippen MR) is 318 cm³/mol. The number of primary amides is 1. The maximum Gasteiger partial charge on any atom is 0.317 e. The number of carboxylic acids is 3. The number of nitrogens with one attached hydrogen (secondary N) is 6. The normalized spacial score (nSPS) is 15.9. The van der Waals surface area contributed by atoms with Crippen molar-refractivity contribution in [2.75, 3.05) is 149 Å². The molecule has 0 aromatic carbocycles. The monoisotopic (exact) mass is 1270 g/mol. The second kappa shape index (κ2) is 41.2. The van der Waals surface area contributed by atoms with E-state index in [0.717, 1.165) is 11.3 Å². The molecule has 0 aromatic rings. The van der Waals surface area contributed by atoms with Gasteiger partial charge in [-0.05, 0) is 26.2 Å². The zero-order valence-corrected chi connectivity index (χ0v) is 51.9. The third kappa shape index (κ3) is 30.5. The van der Waals surface area contributed by atoms with E-state index >= 15 is 0 Å². The van der Waals surface area contributed by atoms with Crippen LogP contribution < -0.4 is 37.6 Å². The minimum atomic E-state index is -1.53. The summed E-state index contributed by atoms with van der Waals surface area (Å²) >= 11 is 1.35. The van der Waals surface area contributed by atoms with E-state index in [1.807, 2.05) is 13.8 Å². The van der Waals surface area contributed by atoms with Crippen LogP contribution in [-0.4, -0.2) is 305 Å². The highest BCUT2D eigenvalue weighted by atomic mass is 32.2. The predicted octanol–water partition coefficient (Wildman–Crippen LogP) is -5.11. The van der Waals surface area contributed by atoms with E-state index in [4.69, 9.17) is 5.73 Å². The standard InChI is InChI=1S/C53H88N14O18S2/c1-6-9-10-11-38(69)60-37(51(83)66(14-8-3)29-44(75)65(13-7-2)28-42(73)55-5)34-87-49-48(86-33-36(50(54)82)59-41(72)26-58-40(71)25-57-39(70)24-35(4)68)52(84)67(53(49)85)15-12-56-43(74)27-61-16-18-62(30-45(76)77)20-22-64(32-47(80)81)23-21-63(19-17-61)31-46(78)79/h35-37,68H,6-34H2,1-5H3,(H2,54,82)(H,55,73)(H,56,74)(H,57,70)(H,58,71)(H,59,72)(H,60,69)(H,76,77)(H,78,79)(H,80,81). The molecule has 0 aliphatic carbocycles. The van der Waals surface area contributed by atoms with E-state index in [9.17, 15) is 87.5 Å². The molecule has 2 aliphatic rings. The zero-order chi connectivity index (χ0) is 65.2. The van der Waals surface area contributed by atoms with Gasteiger partial charge in [0, 0.05) is 104 Å². The Morgan fingerprint density at radius 1 is 0.563 bits per heavy atom. The van der Waals surface area contributed by atoms with E-state index in [1.54, 1.807) is 26.5 Å². The van der Waals surface area contributed by atoms with Gasteiger partial charge in [0.05, 0.1) is 74.7 Å². The highest BCUT2D eigenvalue weighted by molar-refractivity contribution is 8.08. The number of unbranched alkanes of at least 4 members (excludes halogenated alkanes) is 2. The van der Waals surface area contributed by atoms with Crippen LogP contribution in [-0.2, 0) is 67.1 Å². The maximum atomic E-state index is 14.6. The van der Waals surface area contributed by atoms with Crippen LogP contribution in [0, 0.1) is 0 Å². The summed E-state index contributed by atoms with van der Waals surface area (Å²) in [6.07, 6.45) is 1.58. The van der Waals surface area contributed by atoms with Crippen molar-refractivity contribution in [3.05, 3.63) is 9.81 Å². The van der Waals surface area contributed by atoms with Crippen LogP contribution in [0.3, 0.4) is 0 Å². The molecule has 1 fully saturated rings. The first-order chi connectivity index (χ1) is 41.2. The number of hydrogen-bond acceptors (Lipinski definition) is 21. The largest absolute Gasteiger partial charge is 0.480 e. The summed E-state index contributed by atoms with van der Waals surface area (Å²) in [5, 5.41) is 52.9. The summed E-state index contributed by atoms with van der Waals surface area (Å²) in [4.78, 5) is 191. The number of rotatable bonds is 39. The number of likely N-dealkylation sites (N-methyl/N-ethyl adjacent to an activating group) is 1. The topological polar surface area (TPSA) is 441 Å². The van der Waals surface area contributed by atoms with Crippen LogP contribution in [0.2, 0.25) is 0 Å². The molecule has 3 unspecified atom stereocenters. The van der Waals surface area contributed by atoms with Crippen molar-refractivity contribution >= 4 is 106 Å². The molecule has 12 N–H and O–H groups in total. The van der Waals surface area contributed by atoms with Crippen LogP contribution in [0.1, 0.15) is 72.6 Å². The molecular formula is C53H88N14O18S2. The molecule has 0 saturated carbocycles. The zero-order valence-electron chi connectivity index (χ0n) is 50.3. The van der Waals surface area contributed by atoms with Crippen LogP contribution in [0.25, 0.3) is 0 Å². The molecule has 34 heteroatoms. The van der Waals surface area contributed by atoms with Gasteiger partial charge in [0.15, 0.2) is 0 Å². The Labute approximate surface area is 514 Å². The van der Waals surface area contributed by atoms with Gasteiger partial charge in [-0.15, -0.1) is 23.5 Å². The van der Waals surface area contributed by atoms with Crippen molar-refractivity contribution in [1.82, 2.24) is 66.2 Å². The molecule has 2 heterocycles. The van der Waals surface area contributed by atoms with E-state index in [2.05, 4.69) is 31.9 Å². The first-order valence-corrected chi connectivity index (χ1v) is 30.7. The summed E-state index contributed by atoms with van der Waals surface area (Å²) in [5.41, 5.74) is 5.67. The number of carboxylic acid groups (broad SMARTS) is 3. The van der Waals surface area contributed by atoms with Crippen LogP contribution in [0.4, 0.5) is 0 Å². The lowest BCUT2D eigenvalue weighted by molar-refractivity contribution is -0.143. The molecule has 2 aliphatic heterocycles. The number of aliphatic hydroxyl groups is 1. The van der Waals surface area contributed by atoms with Gasteiger partial charge in [0.1, 0.15) is 12.1 Å². The number of nitrogens with two attached hydrogens (primary N) is 1. The molecular weight excluding hydrogens is 1180 g/mol. The number of carbonyl (C=O) groups excluding carboxylic acids is 11. The van der Waals surface area contributed by atoms with Gasteiger partial charge in [-0.1, -0.05) is 33.6 Å². The molecule has 0 spiro atoms. The van der Waals surface area contributed by atoms with E-state index in [1.165, 1.54) is 23.8 Å². The highest BCUT2D eigenvalue weighted by Crippen LogP contribution is 2.37. The molecule has 490 valence electrons. The number of amides is 11. The van der Waals surface area contributed by atoms with Gasteiger partial charge in [0.25, 0.3) is 11.8 Å². The minimum Gasteiger partial charge on any atom is -0.480 e. The fraction of sp³-hybridized carbons (Fsp3) is 0.698. The molecule has 32 nitrogen and oxygen atoms in total. The number of thioether (sulfide) groups is 2. The Morgan fingerprint density at radius 2 is 1.02 bits per heavy atom. The number of aliphatic carboxylic acids is 3. The van der Waals surface area contributed by atoms with Crippen molar-refractivity contribution in [3.8, 4) is 0 Å². The summed E-state index contributed by atoms with van der Waals surface area (Å²) in [5.74, 6) is -12.3. The Morgan fingerprint density at radius 3 is 1.48 bits per heavy atom. The Hall–Kier alpha value is -6.98. The highest BCUT2D eigenvalue weighted by Gasteiger charge is 2.41. The van der Waals surface area contributed by atoms with Gasteiger partial charge in [-0.3, -0.25) is 91.6 Å². The number of aliphatic hydroxyl groups excluding tert-OH is 1. The van der Waals surface area contributed by atoms with Gasteiger partial charge in [-0.25, -0.2) is 0 Å². The number of hydrogen-bond donors (Lipinski definition) is 11. The molecule has 0 bridgehead atoms. The van der Waals surface area contributed by atoms with Crippen LogP contribution >= 0.6 is 23.5 Å². The Balaban J connectivity index is 2.51. The van der Waals surface area contributed by atoms with E-state index in [-0.39, 0.29) is 120 Å². The molecule has 1 saturated heterocycles. The molecule has 11 amide bonds. The first-order valence-electron chi connectivity index (χ1n) is 28.8. The molecule has 3 atom stereocenters. The van der Waals surface area contributed by atoms with Crippen LogP contribution in [0.15, 0.2) is 9.81 Å². The maximum absolute atomic E-state index is 14.6. The van der Waals surface area contributed by atoms with Crippen molar-refractivity contribution in [3.63, 3.8) is 0 Å². The fourth-order valence-electron chi connectivity index (χ4n) is 8.69. The summed E-state index contributed by atoms with van der Waals surface area (Å²) in [6, 6.07) is -2.93. The fourth-order valence-corrected chi connectivity index (χ4v) is 11.1. The molecule has 0 aromatic heterocycles. The van der Waals surface area contributed by atoms with Gasteiger partial charge < -0.3 is 67.9 Å².